The van der Waals surface area contributed by atoms with Crippen LogP contribution in [0, 0.1) is 0 Å². The molecule has 3 nitrogen and oxygen atoms in total. The second kappa shape index (κ2) is 7.66. The molecule has 0 atom stereocenters. The van der Waals surface area contributed by atoms with E-state index in [4.69, 9.17) is 16.3 Å². The lowest BCUT2D eigenvalue weighted by Gasteiger charge is -2.09. The molecule has 24 heavy (non-hydrogen) atoms. The summed E-state index contributed by atoms with van der Waals surface area (Å²) in [6.07, 6.45) is 0. The summed E-state index contributed by atoms with van der Waals surface area (Å²) >= 11 is 6.10. The monoisotopic (exact) mass is 337 g/mol. The topological polar surface area (TPSA) is 38.3 Å². The van der Waals surface area contributed by atoms with Gasteiger partial charge in [-0.1, -0.05) is 48.0 Å². The molecule has 0 spiro atoms. The molecule has 0 saturated heterocycles. The van der Waals surface area contributed by atoms with Gasteiger partial charge < -0.3 is 10.1 Å². The highest BCUT2D eigenvalue weighted by molar-refractivity contribution is 6.31. The summed E-state index contributed by atoms with van der Waals surface area (Å²) in [7, 11) is 0. The smallest absolute Gasteiger partial charge is 0.255 e. The van der Waals surface area contributed by atoms with E-state index in [1.165, 1.54) is 0 Å². The van der Waals surface area contributed by atoms with Gasteiger partial charge in [-0.25, -0.2) is 0 Å². The lowest BCUT2D eigenvalue weighted by Crippen LogP contribution is -2.11. The minimum Gasteiger partial charge on any atom is -0.489 e. The standard InChI is InChI=1S/C20H16ClNO2/c21-19-9-5-4-8-16(19)14-24-18-12-10-17(11-13-18)22-20(23)15-6-2-1-3-7-15/h1-13H,14H2,(H,22,23). The highest BCUT2D eigenvalue weighted by Gasteiger charge is 2.05. The van der Waals surface area contributed by atoms with Crippen molar-refractivity contribution in [2.75, 3.05) is 5.32 Å². The average molecular weight is 338 g/mol. The minimum atomic E-state index is -0.139. The maximum Gasteiger partial charge on any atom is 0.255 e. The first-order chi connectivity index (χ1) is 11.7. The Morgan fingerprint density at radius 1 is 0.875 bits per heavy atom. The fourth-order valence-corrected chi connectivity index (χ4v) is 2.39. The summed E-state index contributed by atoms with van der Waals surface area (Å²) in [5.41, 5.74) is 2.27. The van der Waals surface area contributed by atoms with Crippen molar-refractivity contribution in [3.05, 3.63) is 95.0 Å². The third-order valence-corrected chi connectivity index (χ3v) is 3.87. The number of hydrogen-bond acceptors (Lipinski definition) is 2. The molecular formula is C20H16ClNO2. The van der Waals surface area contributed by atoms with Gasteiger partial charge in [0.25, 0.3) is 5.91 Å². The van der Waals surface area contributed by atoms with Gasteiger partial charge in [0.15, 0.2) is 0 Å². The van der Waals surface area contributed by atoms with Gasteiger partial charge in [-0.3, -0.25) is 4.79 Å². The zero-order valence-corrected chi connectivity index (χ0v) is 13.7. The van der Waals surface area contributed by atoms with Gasteiger partial charge in [0.2, 0.25) is 0 Å². The number of carbonyl (C=O) groups excluding carboxylic acids is 1. The van der Waals surface area contributed by atoms with Gasteiger partial charge in [-0.15, -0.1) is 0 Å². The van der Waals surface area contributed by atoms with Crippen molar-refractivity contribution in [2.24, 2.45) is 0 Å². The van der Waals surface area contributed by atoms with E-state index in [-0.39, 0.29) is 5.91 Å². The number of ether oxygens (including phenoxy) is 1. The predicted octanol–water partition coefficient (Wildman–Crippen LogP) is 5.17. The summed E-state index contributed by atoms with van der Waals surface area (Å²) in [6.45, 7) is 0.398. The van der Waals surface area contributed by atoms with Crippen LogP contribution >= 0.6 is 11.6 Å². The second-order valence-corrected chi connectivity index (χ2v) is 5.63. The molecule has 0 unspecified atom stereocenters. The molecule has 0 aromatic heterocycles. The molecule has 1 amide bonds. The van der Waals surface area contributed by atoms with Crippen LogP contribution in [-0.2, 0) is 6.61 Å². The van der Waals surface area contributed by atoms with Gasteiger partial charge in [-0.05, 0) is 42.5 Å². The van der Waals surface area contributed by atoms with E-state index in [9.17, 15) is 4.79 Å². The first kappa shape index (κ1) is 16.1. The molecule has 0 saturated carbocycles. The SMILES string of the molecule is O=C(Nc1ccc(OCc2ccccc2Cl)cc1)c1ccccc1. The summed E-state index contributed by atoms with van der Waals surface area (Å²) < 4.78 is 5.72. The number of anilines is 1. The lowest BCUT2D eigenvalue weighted by molar-refractivity contribution is 0.102. The third-order valence-electron chi connectivity index (χ3n) is 3.50. The Morgan fingerprint density at radius 3 is 2.25 bits per heavy atom. The molecule has 120 valence electrons. The quantitative estimate of drug-likeness (QED) is 0.697. The first-order valence-electron chi connectivity index (χ1n) is 7.55. The highest BCUT2D eigenvalue weighted by Crippen LogP contribution is 2.20. The van der Waals surface area contributed by atoms with Gasteiger partial charge in [0, 0.05) is 21.8 Å². The Labute approximate surface area is 145 Å². The van der Waals surface area contributed by atoms with Crippen molar-refractivity contribution in [2.45, 2.75) is 6.61 Å². The molecule has 0 radical (unpaired) electrons. The Balaban J connectivity index is 1.59. The van der Waals surface area contributed by atoms with Crippen LogP contribution in [0.1, 0.15) is 15.9 Å². The van der Waals surface area contributed by atoms with Crippen LogP contribution in [0.4, 0.5) is 5.69 Å². The molecule has 0 aliphatic rings. The molecule has 0 aliphatic heterocycles. The number of nitrogens with one attached hydrogen (secondary N) is 1. The van der Waals surface area contributed by atoms with Gasteiger partial charge in [-0.2, -0.15) is 0 Å². The Kier molecular flexibility index (Phi) is 5.14. The van der Waals surface area contributed by atoms with Crippen LogP contribution in [0.2, 0.25) is 5.02 Å². The van der Waals surface area contributed by atoms with Crippen LogP contribution in [0.5, 0.6) is 5.75 Å². The van der Waals surface area contributed by atoms with E-state index in [0.717, 1.165) is 5.56 Å². The van der Waals surface area contributed by atoms with E-state index in [2.05, 4.69) is 5.32 Å². The minimum absolute atomic E-state index is 0.139. The Morgan fingerprint density at radius 2 is 1.54 bits per heavy atom. The molecule has 4 heteroatoms. The molecular weight excluding hydrogens is 322 g/mol. The molecule has 0 fully saturated rings. The van der Waals surface area contributed by atoms with Crippen molar-refractivity contribution in [3.63, 3.8) is 0 Å². The maximum absolute atomic E-state index is 12.1. The van der Waals surface area contributed by atoms with Crippen LogP contribution in [-0.4, -0.2) is 5.91 Å². The van der Waals surface area contributed by atoms with Crippen LogP contribution in [0.15, 0.2) is 78.9 Å². The van der Waals surface area contributed by atoms with Crippen LogP contribution in [0.25, 0.3) is 0 Å². The molecule has 3 aromatic carbocycles. The van der Waals surface area contributed by atoms with Crippen molar-refractivity contribution in [1.29, 1.82) is 0 Å². The highest BCUT2D eigenvalue weighted by atomic mass is 35.5. The zero-order chi connectivity index (χ0) is 16.8. The van der Waals surface area contributed by atoms with E-state index in [1.54, 1.807) is 12.1 Å². The van der Waals surface area contributed by atoms with E-state index in [0.29, 0.717) is 28.6 Å². The summed E-state index contributed by atoms with van der Waals surface area (Å²) in [5, 5.41) is 3.54. The van der Waals surface area contributed by atoms with E-state index in [1.807, 2.05) is 66.7 Å². The number of carbonyl (C=O) groups is 1. The Bertz CT molecular complexity index is 817. The molecule has 3 rings (SSSR count). The molecule has 0 heterocycles. The van der Waals surface area contributed by atoms with Crippen LogP contribution < -0.4 is 10.1 Å². The number of benzene rings is 3. The maximum atomic E-state index is 12.1. The largest absolute Gasteiger partial charge is 0.489 e. The summed E-state index contributed by atoms with van der Waals surface area (Å²) in [5.74, 6) is 0.577. The molecule has 0 bridgehead atoms. The predicted molar refractivity (Wildman–Crippen MR) is 96.6 cm³/mol. The first-order valence-corrected chi connectivity index (χ1v) is 7.93. The van der Waals surface area contributed by atoms with Crippen molar-refractivity contribution >= 4 is 23.2 Å². The lowest BCUT2D eigenvalue weighted by atomic mass is 10.2. The fourth-order valence-electron chi connectivity index (χ4n) is 2.20. The average Bonchev–Trinajstić information content (AvgIpc) is 2.63. The van der Waals surface area contributed by atoms with Gasteiger partial charge >= 0.3 is 0 Å². The Hall–Kier alpha value is -2.78. The molecule has 3 aromatic rings. The van der Waals surface area contributed by atoms with Crippen molar-refractivity contribution in [3.8, 4) is 5.75 Å². The summed E-state index contributed by atoms with van der Waals surface area (Å²) in [4.78, 5) is 12.1. The summed E-state index contributed by atoms with van der Waals surface area (Å²) in [6, 6.07) is 23.9. The number of rotatable bonds is 5. The normalized spacial score (nSPS) is 10.2. The van der Waals surface area contributed by atoms with Crippen LogP contribution in [0.3, 0.4) is 0 Å². The van der Waals surface area contributed by atoms with E-state index >= 15 is 0 Å². The van der Waals surface area contributed by atoms with Gasteiger partial charge in [0.05, 0.1) is 0 Å². The van der Waals surface area contributed by atoms with Crippen molar-refractivity contribution in [1.82, 2.24) is 0 Å². The third kappa shape index (κ3) is 4.15. The second-order valence-electron chi connectivity index (χ2n) is 5.22. The molecule has 0 aliphatic carbocycles. The fraction of sp³-hybridized carbons (Fsp3) is 0.0500. The number of halogens is 1. The number of hydrogen-bond donors (Lipinski definition) is 1. The molecule has 1 N–H and O–H groups in total. The van der Waals surface area contributed by atoms with Crippen molar-refractivity contribution < 1.29 is 9.53 Å². The zero-order valence-electron chi connectivity index (χ0n) is 12.9. The van der Waals surface area contributed by atoms with E-state index < -0.39 is 0 Å². The number of amides is 1. The van der Waals surface area contributed by atoms with Gasteiger partial charge in [0.1, 0.15) is 12.4 Å².